The van der Waals surface area contributed by atoms with Crippen molar-refractivity contribution in [2.24, 2.45) is 0 Å². The summed E-state index contributed by atoms with van der Waals surface area (Å²) in [5, 5.41) is 2.79. The van der Waals surface area contributed by atoms with Crippen LogP contribution in [0, 0.1) is 6.92 Å². The molecule has 0 radical (unpaired) electrons. The molecule has 2 rings (SSSR count). The molecular formula is C10H8ClNOS. The fourth-order valence-electron chi connectivity index (χ4n) is 1.05. The summed E-state index contributed by atoms with van der Waals surface area (Å²) in [6.45, 7) is 1.99. The van der Waals surface area contributed by atoms with E-state index in [4.69, 9.17) is 16.3 Å². The van der Waals surface area contributed by atoms with Crippen molar-refractivity contribution < 1.29 is 4.74 Å². The summed E-state index contributed by atoms with van der Waals surface area (Å²) >= 11 is 7.07. The quantitative estimate of drug-likeness (QED) is 0.774. The number of halogens is 1. The summed E-state index contributed by atoms with van der Waals surface area (Å²) < 4.78 is 5.55. The Hall–Kier alpha value is -1.06. The lowest BCUT2D eigenvalue weighted by Gasteiger charge is -2.03. The van der Waals surface area contributed by atoms with Crippen molar-refractivity contribution in [2.75, 3.05) is 0 Å². The fourth-order valence-corrected chi connectivity index (χ4v) is 1.85. The Balaban J connectivity index is 2.23. The third-order valence-electron chi connectivity index (χ3n) is 1.75. The summed E-state index contributed by atoms with van der Waals surface area (Å²) in [7, 11) is 0. The lowest BCUT2D eigenvalue weighted by molar-refractivity contribution is 0.475. The van der Waals surface area contributed by atoms with Gasteiger partial charge in [0.1, 0.15) is 10.9 Å². The zero-order valence-corrected chi connectivity index (χ0v) is 9.10. The van der Waals surface area contributed by atoms with E-state index in [0.717, 1.165) is 11.3 Å². The largest absolute Gasteiger partial charge is 0.431 e. The van der Waals surface area contributed by atoms with Crippen molar-refractivity contribution in [3.05, 3.63) is 40.4 Å². The van der Waals surface area contributed by atoms with E-state index in [1.807, 2.05) is 31.2 Å². The van der Waals surface area contributed by atoms with Gasteiger partial charge in [-0.15, -0.1) is 0 Å². The Labute approximate surface area is 91.1 Å². The maximum atomic E-state index is 5.69. The Kier molecular flexibility index (Phi) is 2.70. The number of thiazole rings is 1. The molecule has 4 heteroatoms. The molecule has 2 nitrogen and oxygen atoms in total. The van der Waals surface area contributed by atoms with E-state index in [1.165, 1.54) is 11.3 Å². The van der Waals surface area contributed by atoms with Crippen molar-refractivity contribution in [3.63, 3.8) is 0 Å². The number of aryl methyl sites for hydroxylation is 1. The van der Waals surface area contributed by atoms with E-state index >= 15 is 0 Å². The van der Waals surface area contributed by atoms with Gasteiger partial charge < -0.3 is 4.74 Å². The van der Waals surface area contributed by atoms with Gasteiger partial charge in [0.15, 0.2) is 0 Å². The highest BCUT2D eigenvalue weighted by Gasteiger charge is 2.03. The van der Waals surface area contributed by atoms with Gasteiger partial charge in [-0.25, -0.2) is 0 Å². The lowest BCUT2D eigenvalue weighted by Crippen LogP contribution is -1.85. The molecule has 2 aromatic rings. The second-order valence-corrected chi connectivity index (χ2v) is 4.01. The number of para-hydroxylation sites is 1. The molecule has 0 atom stereocenters. The summed E-state index contributed by atoms with van der Waals surface area (Å²) in [6.07, 6.45) is 0. The van der Waals surface area contributed by atoms with Crippen LogP contribution in [0.25, 0.3) is 0 Å². The van der Waals surface area contributed by atoms with Crippen molar-refractivity contribution in [1.82, 2.24) is 4.98 Å². The zero-order chi connectivity index (χ0) is 9.97. The van der Waals surface area contributed by atoms with Gasteiger partial charge in [-0.1, -0.05) is 41.1 Å². The summed E-state index contributed by atoms with van der Waals surface area (Å²) in [5.74, 6) is 0.818. The molecule has 0 amide bonds. The molecule has 0 aliphatic heterocycles. The highest BCUT2D eigenvalue weighted by molar-refractivity contribution is 7.11. The monoisotopic (exact) mass is 225 g/mol. The zero-order valence-electron chi connectivity index (χ0n) is 7.53. The molecule has 0 bridgehead atoms. The first-order chi connectivity index (χ1) is 6.75. The summed E-state index contributed by atoms with van der Waals surface area (Å²) in [6, 6.07) is 7.80. The average molecular weight is 226 g/mol. The first-order valence-corrected chi connectivity index (χ1v) is 5.36. The van der Waals surface area contributed by atoms with E-state index in [-0.39, 0.29) is 0 Å². The number of hydrogen-bond acceptors (Lipinski definition) is 3. The molecule has 0 aliphatic carbocycles. The van der Waals surface area contributed by atoms with Crippen LogP contribution in [0.4, 0.5) is 0 Å². The number of ether oxygens (including phenoxy) is 1. The molecule has 0 N–H and O–H groups in total. The van der Waals surface area contributed by atoms with Crippen LogP contribution in [0.5, 0.6) is 10.9 Å². The van der Waals surface area contributed by atoms with Crippen LogP contribution in [0.15, 0.2) is 29.6 Å². The molecule has 14 heavy (non-hydrogen) atoms. The van der Waals surface area contributed by atoms with Gasteiger partial charge >= 0.3 is 0 Å². The lowest BCUT2D eigenvalue weighted by atomic mass is 10.2. The third-order valence-corrected chi connectivity index (χ3v) is 2.79. The maximum Gasteiger partial charge on any atom is 0.280 e. The summed E-state index contributed by atoms with van der Waals surface area (Å²) in [4.78, 5) is 4.01. The van der Waals surface area contributed by atoms with Crippen molar-refractivity contribution in [1.29, 1.82) is 0 Å². The average Bonchev–Trinajstić information content (AvgIpc) is 2.56. The van der Waals surface area contributed by atoms with Gasteiger partial charge in [-0.2, -0.15) is 4.98 Å². The number of aromatic nitrogens is 1. The predicted octanol–water partition coefficient (Wildman–Crippen LogP) is 3.90. The van der Waals surface area contributed by atoms with Gasteiger partial charge in [0, 0.05) is 5.38 Å². The first-order valence-electron chi connectivity index (χ1n) is 4.10. The Morgan fingerprint density at radius 1 is 1.36 bits per heavy atom. The normalized spacial score (nSPS) is 10.1. The van der Waals surface area contributed by atoms with Crippen LogP contribution < -0.4 is 4.74 Å². The van der Waals surface area contributed by atoms with Crippen LogP contribution in [0.1, 0.15) is 5.56 Å². The van der Waals surface area contributed by atoms with Gasteiger partial charge in [0.05, 0.1) is 0 Å². The highest BCUT2D eigenvalue weighted by atomic mass is 35.5. The smallest absolute Gasteiger partial charge is 0.280 e. The molecule has 72 valence electrons. The second kappa shape index (κ2) is 3.98. The second-order valence-electron chi connectivity index (χ2n) is 2.80. The molecule has 0 unspecified atom stereocenters. The number of hydrogen-bond donors (Lipinski definition) is 0. The minimum atomic E-state index is 0.471. The van der Waals surface area contributed by atoms with E-state index in [2.05, 4.69) is 4.98 Å². The van der Waals surface area contributed by atoms with Crippen LogP contribution >= 0.6 is 22.9 Å². The van der Waals surface area contributed by atoms with Gasteiger partial charge in [-0.05, 0) is 18.6 Å². The topological polar surface area (TPSA) is 22.1 Å². The Morgan fingerprint density at radius 3 is 2.79 bits per heavy atom. The van der Waals surface area contributed by atoms with E-state index in [0.29, 0.717) is 10.3 Å². The maximum absolute atomic E-state index is 5.69. The third kappa shape index (κ3) is 2.05. The number of rotatable bonds is 2. The Morgan fingerprint density at radius 2 is 2.14 bits per heavy atom. The van der Waals surface area contributed by atoms with Crippen LogP contribution in [0.2, 0.25) is 5.15 Å². The minimum Gasteiger partial charge on any atom is -0.431 e. The van der Waals surface area contributed by atoms with E-state index in [1.54, 1.807) is 5.38 Å². The standard InChI is InChI=1S/C10H8ClNOS/c1-7-4-2-3-5-8(7)13-10-12-9(11)6-14-10/h2-6H,1H3. The van der Waals surface area contributed by atoms with Crippen LogP contribution in [-0.2, 0) is 0 Å². The Bertz CT molecular complexity index is 441. The van der Waals surface area contributed by atoms with Gasteiger partial charge in [0.25, 0.3) is 5.19 Å². The van der Waals surface area contributed by atoms with Crippen molar-refractivity contribution >= 4 is 22.9 Å². The SMILES string of the molecule is Cc1ccccc1Oc1nc(Cl)cs1. The number of benzene rings is 1. The fraction of sp³-hybridized carbons (Fsp3) is 0.100. The first kappa shape index (κ1) is 9.49. The molecule has 1 aromatic heterocycles. The summed E-state index contributed by atoms with van der Waals surface area (Å²) in [5.41, 5.74) is 1.08. The highest BCUT2D eigenvalue weighted by Crippen LogP contribution is 2.28. The van der Waals surface area contributed by atoms with Crippen LogP contribution in [0.3, 0.4) is 0 Å². The van der Waals surface area contributed by atoms with Crippen molar-refractivity contribution in [2.45, 2.75) is 6.92 Å². The number of nitrogens with zero attached hydrogens (tertiary/aromatic N) is 1. The minimum absolute atomic E-state index is 0.471. The molecule has 0 saturated heterocycles. The van der Waals surface area contributed by atoms with E-state index < -0.39 is 0 Å². The molecule has 1 aromatic carbocycles. The van der Waals surface area contributed by atoms with Crippen molar-refractivity contribution in [3.8, 4) is 10.9 Å². The molecule has 0 fully saturated rings. The van der Waals surface area contributed by atoms with Crippen LogP contribution in [-0.4, -0.2) is 4.98 Å². The molecule has 0 saturated carbocycles. The predicted molar refractivity (Wildman–Crippen MR) is 58.4 cm³/mol. The molecule has 0 aliphatic rings. The van der Waals surface area contributed by atoms with Gasteiger partial charge in [-0.3, -0.25) is 0 Å². The molecule has 0 spiro atoms. The van der Waals surface area contributed by atoms with Gasteiger partial charge in [0.2, 0.25) is 0 Å². The van der Waals surface area contributed by atoms with E-state index in [9.17, 15) is 0 Å². The molecular weight excluding hydrogens is 218 g/mol. The molecule has 1 heterocycles.